The van der Waals surface area contributed by atoms with Crippen LogP contribution in [0, 0.1) is 0 Å². The first-order valence-electron chi connectivity index (χ1n) is 6.87. The van der Waals surface area contributed by atoms with Gasteiger partial charge in [-0.15, -0.1) is 0 Å². The van der Waals surface area contributed by atoms with Gasteiger partial charge in [-0.05, 0) is 53.4 Å². The largest absolute Gasteiger partial charge is 0.370 e. The lowest BCUT2D eigenvalue weighted by Crippen LogP contribution is -2.27. The van der Waals surface area contributed by atoms with Crippen molar-refractivity contribution in [2.45, 2.75) is 25.8 Å². The van der Waals surface area contributed by atoms with Crippen molar-refractivity contribution < 1.29 is 8.42 Å². The van der Waals surface area contributed by atoms with Gasteiger partial charge in [0.05, 0.1) is 17.2 Å². The van der Waals surface area contributed by atoms with E-state index in [2.05, 4.69) is 39.0 Å². The predicted octanol–water partition coefficient (Wildman–Crippen LogP) is 1.96. The molecule has 0 aliphatic carbocycles. The summed E-state index contributed by atoms with van der Waals surface area (Å²) in [5.41, 5.74) is 8.07. The number of hydrogen-bond acceptors (Lipinski definition) is 4. The van der Waals surface area contributed by atoms with Gasteiger partial charge in [-0.1, -0.05) is 6.07 Å². The van der Waals surface area contributed by atoms with Crippen molar-refractivity contribution in [3.05, 3.63) is 28.2 Å². The molecule has 1 fully saturated rings. The van der Waals surface area contributed by atoms with E-state index in [1.165, 1.54) is 5.56 Å². The van der Waals surface area contributed by atoms with Gasteiger partial charge in [0.2, 0.25) is 0 Å². The van der Waals surface area contributed by atoms with Crippen molar-refractivity contribution in [3.63, 3.8) is 0 Å². The quantitative estimate of drug-likeness (QED) is 0.894. The van der Waals surface area contributed by atoms with Crippen LogP contribution >= 0.6 is 15.9 Å². The van der Waals surface area contributed by atoms with Crippen LogP contribution in [0.2, 0.25) is 0 Å². The van der Waals surface area contributed by atoms with Gasteiger partial charge < -0.3 is 10.6 Å². The molecular weight excluding hydrogens is 340 g/mol. The maximum Gasteiger partial charge on any atom is 0.152 e. The molecule has 6 heteroatoms. The molecule has 1 saturated heterocycles. The summed E-state index contributed by atoms with van der Waals surface area (Å²) in [6.45, 7) is 3.33. The molecule has 1 aliphatic rings. The summed E-state index contributed by atoms with van der Waals surface area (Å²) in [4.78, 5) is 2.14. The summed E-state index contributed by atoms with van der Waals surface area (Å²) in [7, 11) is -2.87. The smallest absolute Gasteiger partial charge is 0.152 e. The Kier molecular flexibility index (Phi) is 5.09. The Balaban J connectivity index is 2.16. The molecule has 1 aromatic carbocycles. The van der Waals surface area contributed by atoms with Crippen LogP contribution in [-0.2, 0) is 16.3 Å². The second kappa shape index (κ2) is 6.45. The van der Waals surface area contributed by atoms with E-state index in [-0.39, 0.29) is 11.8 Å². The van der Waals surface area contributed by atoms with Gasteiger partial charge in [0.1, 0.15) is 0 Å². The van der Waals surface area contributed by atoms with E-state index in [0.717, 1.165) is 23.1 Å². The third kappa shape index (κ3) is 4.20. The first-order chi connectivity index (χ1) is 9.37. The highest BCUT2D eigenvalue weighted by Gasteiger charge is 2.20. The zero-order valence-electron chi connectivity index (χ0n) is 11.7. The molecule has 0 radical (unpaired) electrons. The van der Waals surface area contributed by atoms with Crippen molar-refractivity contribution in [1.82, 2.24) is 0 Å². The van der Waals surface area contributed by atoms with E-state index < -0.39 is 9.84 Å². The van der Waals surface area contributed by atoms with Crippen molar-refractivity contribution >= 4 is 31.5 Å². The molecule has 20 heavy (non-hydrogen) atoms. The fourth-order valence-corrected chi connectivity index (χ4v) is 4.43. The molecule has 112 valence electrons. The first-order valence-corrected chi connectivity index (χ1v) is 9.48. The highest BCUT2D eigenvalue weighted by molar-refractivity contribution is 9.10. The lowest BCUT2D eigenvalue weighted by Gasteiger charge is -2.24. The van der Waals surface area contributed by atoms with Gasteiger partial charge in [-0.2, -0.15) is 0 Å². The van der Waals surface area contributed by atoms with Crippen LogP contribution < -0.4 is 10.6 Å². The van der Waals surface area contributed by atoms with Crippen LogP contribution in [0.3, 0.4) is 0 Å². The van der Waals surface area contributed by atoms with Crippen molar-refractivity contribution in [3.8, 4) is 0 Å². The predicted molar refractivity (Wildman–Crippen MR) is 87.0 cm³/mol. The molecule has 4 nitrogen and oxygen atoms in total. The lowest BCUT2D eigenvalue weighted by atomic mass is 10.1. The Morgan fingerprint density at radius 1 is 1.35 bits per heavy atom. The van der Waals surface area contributed by atoms with Crippen LogP contribution in [0.25, 0.3) is 0 Å². The fraction of sp³-hybridized carbons (Fsp3) is 0.571. The number of nitrogens with zero attached hydrogens (tertiary/aromatic N) is 1. The standard InChI is InChI=1S/C14H21BrN2O2S/c1-11(16)9-12-3-4-14(13(15)10-12)17-5-2-7-20(18,19)8-6-17/h3-4,10-11H,2,5-9,16H2,1H3. The topological polar surface area (TPSA) is 63.4 Å². The normalized spacial score (nSPS) is 20.4. The SMILES string of the molecule is CC(N)Cc1ccc(N2CCCS(=O)(=O)CC2)c(Br)c1. The van der Waals surface area contributed by atoms with Gasteiger partial charge in [0.25, 0.3) is 0 Å². The highest BCUT2D eigenvalue weighted by Crippen LogP contribution is 2.28. The Hall–Kier alpha value is -0.590. The number of rotatable bonds is 3. The number of anilines is 1. The van der Waals surface area contributed by atoms with E-state index in [4.69, 9.17) is 5.73 Å². The number of halogens is 1. The maximum absolute atomic E-state index is 11.7. The van der Waals surface area contributed by atoms with Crippen LogP contribution in [0.15, 0.2) is 22.7 Å². The molecule has 2 N–H and O–H groups in total. The molecule has 1 aliphatic heterocycles. The summed E-state index contributed by atoms with van der Waals surface area (Å²) >= 11 is 3.59. The van der Waals surface area contributed by atoms with Crippen molar-refractivity contribution in [1.29, 1.82) is 0 Å². The summed E-state index contributed by atoms with van der Waals surface area (Å²) in [6.07, 6.45) is 1.53. The van der Waals surface area contributed by atoms with Crippen LogP contribution in [0.4, 0.5) is 5.69 Å². The average Bonchev–Trinajstić information content (AvgIpc) is 2.50. The van der Waals surface area contributed by atoms with E-state index in [0.29, 0.717) is 18.7 Å². The Morgan fingerprint density at radius 3 is 2.75 bits per heavy atom. The third-order valence-electron chi connectivity index (χ3n) is 3.47. The average molecular weight is 361 g/mol. The number of sulfone groups is 1. The first kappa shape index (κ1) is 15.8. The molecule has 0 saturated carbocycles. The van der Waals surface area contributed by atoms with Gasteiger partial charge in [-0.25, -0.2) is 8.42 Å². The van der Waals surface area contributed by atoms with Crippen LogP contribution in [-0.4, -0.2) is 39.1 Å². The van der Waals surface area contributed by atoms with Crippen LogP contribution in [0.1, 0.15) is 18.9 Å². The summed E-state index contributed by atoms with van der Waals surface area (Å²) in [5.74, 6) is 0.533. The molecule has 1 atom stereocenters. The molecule has 0 spiro atoms. The number of benzene rings is 1. The summed E-state index contributed by atoms with van der Waals surface area (Å²) < 4.78 is 24.3. The van der Waals surface area contributed by atoms with Gasteiger partial charge in [0.15, 0.2) is 9.84 Å². The van der Waals surface area contributed by atoms with Gasteiger partial charge in [0, 0.05) is 23.6 Å². The Labute approximate surface area is 129 Å². The zero-order chi connectivity index (χ0) is 14.8. The highest BCUT2D eigenvalue weighted by atomic mass is 79.9. The minimum absolute atomic E-state index is 0.135. The molecule has 0 amide bonds. The monoisotopic (exact) mass is 360 g/mol. The molecule has 2 rings (SSSR count). The number of nitrogens with two attached hydrogens (primary N) is 1. The van der Waals surface area contributed by atoms with E-state index in [1.54, 1.807) is 0 Å². The molecule has 0 bridgehead atoms. The van der Waals surface area contributed by atoms with Crippen LogP contribution in [0.5, 0.6) is 0 Å². The van der Waals surface area contributed by atoms with Crippen molar-refractivity contribution in [2.75, 3.05) is 29.5 Å². The molecule has 0 aromatic heterocycles. The third-order valence-corrected chi connectivity index (χ3v) is 5.82. The minimum Gasteiger partial charge on any atom is -0.370 e. The van der Waals surface area contributed by atoms with Gasteiger partial charge >= 0.3 is 0 Å². The second-order valence-electron chi connectivity index (χ2n) is 5.46. The van der Waals surface area contributed by atoms with Gasteiger partial charge in [-0.3, -0.25) is 0 Å². The minimum atomic E-state index is -2.87. The summed E-state index contributed by atoms with van der Waals surface area (Å²) in [5, 5.41) is 0. The maximum atomic E-state index is 11.7. The Bertz CT molecular complexity index is 573. The van der Waals surface area contributed by atoms with E-state index in [9.17, 15) is 8.42 Å². The summed E-state index contributed by atoms with van der Waals surface area (Å²) in [6, 6.07) is 6.34. The lowest BCUT2D eigenvalue weighted by molar-refractivity contribution is 0.597. The second-order valence-corrected chi connectivity index (χ2v) is 8.62. The molecule has 1 unspecified atom stereocenters. The molecular formula is C14H21BrN2O2S. The van der Waals surface area contributed by atoms with E-state index >= 15 is 0 Å². The number of hydrogen-bond donors (Lipinski definition) is 1. The molecule has 1 aromatic rings. The fourth-order valence-electron chi connectivity index (χ4n) is 2.48. The Morgan fingerprint density at radius 2 is 2.10 bits per heavy atom. The van der Waals surface area contributed by atoms with Crippen molar-refractivity contribution in [2.24, 2.45) is 5.73 Å². The zero-order valence-corrected chi connectivity index (χ0v) is 14.1. The van der Waals surface area contributed by atoms with E-state index in [1.807, 2.05) is 6.92 Å². The molecule has 1 heterocycles.